The van der Waals surface area contributed by atoms with Gasteiger partial charge in [0.1, 0.15) is 5.76 Å². The minimum Gasteiger partial charge on any atom is -0.428 e. The number of esters is 1. The molecule has 20 heavy (non-hydrogen) atoms. The zero-order valence-corrected chi connectivity index (χ0v) is 12.6. The van der Waals surface area contributed by atoms with E-state index in [1.165, 1.54) is 17.2 Å². The molecule has 1 aromatic rings. The maximum atomic E-state index is 11.6. The molecule has 0 heterocycles. The molecule has 1 aromatic carbocycles. The fraction of sp³-hybridized carbons (Fsp3) is 0.278. The van der Waals surface area contributed by atoms with E-state index in [1.807, 2.05) is 50.3 Å². The Bertz CT molecular complexity index is 531. The van der Waals surface area contributed by atoms with Crippen LogP contribution in [0.3, 0.4) is 0 Å². The second kappa shape index (κ2) is 8.16. The topological polar surface area (TPSA) is 26.3 Å². The van der Waals surface area contributed by atoms with Crippen LogP contribution in [-0.4, -0.2) is 5.97 Å². The van der Waals surface area contributed by atoms with Gasteiger partial charge in [0.05, 0.1) is 0 Å². The largest absolute Gasteiger partial charge is 0.428 e. The summed E-state index contributed by atoms with van der Waals surface area (Å²) in [4.78, 5) is 11.6. The van der Waals surface area contributed by atoms with Crippen molar-refractivity contribution in [3.8, 4) is 0 Å². The lowest BCUT2D eigenvalue weighted by Crippen LogP contribution is -1.97. The molecule has 0 bridgehead atoms. The van der Waals surface area contributed by atoms with Gasteiger partial charge in [-0.25, -0.2) is 4.79 Å². The number of carbonyl (C=O) groups is 1. The molecule has 1 rings (SSSR count). The number of rotatable bonds is 5. The van der Waals surface area contributed by atoms with Crippen LogP contribution in [0, 0.1) is 6.92 Å². The molecule has 0 N–H and O–H groups in total. The van der Waals surface area contributed by atoms with Crippen molar-refractivity contribution in [3.63, 3.8) is 0 Å². The Morgan fingerprint density at radius 3 is 2.40 bits per heavy atom. The van der Waals surface area contributed by atoms with E-state index in [-0.39, 0.29) is 5.97 Å². The second-order valence-corrected chi connectivity index (χ2v) is 4.81. The van der Waals surface area contributed by atoms with Crippen molar-refractivity contribution in [1.82, 2.24) is 0 Å². The zero-order valence-electron chi connectivity index (χ0n) is 12.6. The van der Waals surface area contributed by atoms with E-state index in [0.29, 0.717) is 5.76 Å². The van der Waals surface area contributed by atoms with Crippen molar-refractivity contribution in [2.24, 2.45) is 0 Å². The van der Waals surface area contributed by atoms with E-state index in [2.05, 4.69) is 6.92 Å². The highest BCUT2D eigenvalue weighted by Crippen LogP contribution is 2.06. The zero-order chi connectivity index (χ0) is 15.0. The summed E-state index contributed by atoms with van der Waals surface area (Å²) < 4.78 is 5.18. The van der Waals surface area contributed by atoms with Crippen LogP contribution in [0.5, 0.6) is 0 Å². The van der Waals surface area contributed by atoms with Crippen LogP contribution in [0.15, 0.2) is 53.8 Å². The third kappa shape index (κ3) is 6.19. The fourth-order valence-corrected chi connectivity index (χ4v) is 1.45. The summed E-state index contributed by atoms with van der Waals surface area (Å²) >= 11 is 0. The van der Waals surface area contributed by atoms with Gasteiger partial charge in [-0.2, -0.15) is 0 Å². The highest BCUT2D eigenvalue weighted by atomic mass is 16.5. The molecular formula is C18H22O2. The molecule has 2 nitrogen and oxygen atoms in total. The average Bonchev–Trinajstić information content (AvgIpc) is 2.44. The number of allylic oxidation sites excluding steroid dienone is 4. The number of hydrogen-bond donors (Lipinski definition) is 0. The van der Waals surface area contributed by atoms with E-state index < -0.39 is 0 Å². The number of ether oxygens (including phenoxy) is 1. The molecule has 106 valence electrons. The first-order valence-corrected chi connectivity index (χ1v) is 6.82. The maximum Gasteiger partial charge on any atom is 0.335 e. The summed E-state index contributed by atoms with van der Waals surface area (Å²) in [5.74, 6) is 0.234. The molecule has 0 amide bonds. The molecule has 2 heteroatoms. The smallest absolute Gasteiger partial charge is 0.335 e. The summed E-state index contributed by atoms with van der Waals surface area (Å²) in [5, 5.41) is 0. The van der Waals surface area contributed by atoms with Crippen LogP contribution in [0.2, 0.25) is 0 Å². The van der Waals surface area contributed by atoms with E-state index in [9.17, 15) is 4.79 Å². The van der Waals surface area contributed by atoms with Gasteiger partial charge in [0.25, 0.3) is 0 Å². The highest BCUT2D eigenvalue weighted by Gasteiger charge is 1.98. The van der Waals surface area contributed by atoms with Crippen molar-refractivity contribution in [1.29, 1.82) is 0 Å². The van der Waals surface area contributed by atoms with Crippen molar-refractivity contribution in [2.75, 3.05) is 0 Å². The summed E-state index contributed by atoms with van der Waals surface area (Å²) in [6, 6.07) is 7.95. The van der Waals surface area contributed by atoms with Crippen molar-refractivity contribution >= 4 is 12.0 Å². The molecule has 0 saturated heterocycles. The van der Waals surface area contributed by atoms with Crippen LogP contribution < -0.4 is 0 Å². The average molecular weight is 270 g/mol. The molecule has 0 aliphatic carbocycles. The third-order valence-corrected chi connectivity index (χ3v) is 2.91. The summed E-state index contributed by atoms with van der Waals surface area (Å²) in [6.45, 7) is 7.94. The Morgan fingerprint density at radius 2 is 1.80 bits per heavy atom. The molecule has 0 aromatic heterocycles. The first-order chi connectivity index (χ1) is 9.51. The van der Waals surface area contributed by atoms with E-state index >= 15 is 0 Å². The molecule has 0 aliphatic rings. The number of aryl methyl sites for hydroxylation is 1. The normalized spacial score (nSPS) is 12.8. The van der Waals surface area contributed by atoms with Gasteiger partial charge < -0.3 is 4.74 Å². The molecule has 0 radical (unpaired) electrons. The van der Waals surface area contributed by atoms with Gasteiger partial charge in [-0.3, -0.25) is 0 Å². The number of benzene rings is 1. The van der Waals surface area contributed by atoms with Gasteiger partial charge in [-0.15, -0.1) is 0 Å². The van der Waals surface area contributed by atoms with Crippen LogP contribution >= 0.6 is 0 Å². The predicted octanol–water partition coefficient (Wildman–Crippen LogP) is 4.81. The van der Waals surface area contributed by atoms with Gasteiger partial charge in [0, 0.05) is 6.08 Å². The van der Waals surface area contributed by atoms with Crippen molar-refractivity contribution in [3.05, 3.63) is 65.0 Å². The lowest BCUT2D eigenvalue weighted by atomic mass is 10.1. The van der Waals surface area contributed by atoms with Gasteiger partial charge >= 0.3 is 5.97 Å². The lowest BCUT2D eigenvalue weighted by Gasteiger charge is -2.00. The van der Waals surface area contributed by atoms with Crippen LogP contribution in [0.1, 0.15) is 38.3 Å². The molecule has 0 fully saturated rings. The SMILES string of the molecule is CC/C(C)=C\C=C(/C)OC(=O)/C=C/c1ccc(C)cc1. The van der Waals surface area contributed by atoms with Gasteiger partial charge in [-0.05, 0) is 44.9 Å². The van der Waals surface area contributed by atoms with Gasteiger partial charge in [-0.1, -0.05) is 48.4 Å². The lowest BCUT2D eigenvalue weighted by molar-refractivity contribution is -0.133. The summed E-state index contributed by atoms with van der Waals surface area (Å²) in [7, 11) is 0. The maximum absolute atomic E-state index is 11.6. The number of carbonyl (C=O) groups excluding carboxylic acids is 1. The van der Waals surface area contributed by atoms with Crippen molar-refractivity contribution in [2.45, 2.75) is 34.1 Å². The standard InChI is InChI=1S/C18H22O2/c1-5-14(2)6-9-16(4)20-18(19)13-12-17-10-7-15(3)8-11-17/h6-13H,5H2,1-4H3/b13-12+,14-6-,16-9+. The first-order valence-electron chi connectivity index (χ1n) is 6.82. The Balaban J connectivity index is 2.57. The predicted molar refractivity (Wildman–Crippen MR) is 84.1 cm³/mol. The fourth-order valence-electron chi connectivity index (χ4n) is 1.45. The van der Waals surface area contributed by atoms with Crippen LogP contribution in [0.25, 0.3) is 6.08 Å². The van der Waals surface area contributed by atoms with Gasteiger partial charge in [0.15, 0.2) is 0 Å². The quantitative estimate of drug-likeness (QED) is 0.332. The molecule has 0 atom stereocenters. The Morgan fingerprint density at radius 1 is 1.15 bits per heavy atom. The first kappa shape index (κ1) is 16.0. The van der Waals surface area contributed by atoms with Crippen LogP contribution in [-0.2, 0) is 9.53 Å². The Labute approximate surface area is 121 Å². The number of hydrogen-bond acceptors (Lipinski definition) is 2. The highest BCUT2D eigenvalue weighted by molar-refractivity contribution is 5.87. The summed E-state index contributed by atoms with van der Waals surface area (Å²) in [5.41, 5.74) is 3.42. The summed E-state index contributed by atoms with van der Waals surface area (Å²) in [6.07, 6.45) is 7.97. The van der Waals surface area contributed by atoms with Crippen LogP contribution in [0.4, 0.5) is 0 Å². The molecule has 0 aliphatic heterocycles. The Kier molecular flexibility index (Phi) is 6.51. The Hall–Kier alpha value is -2.09. The monoisotopic (exact) mass is 270 g/mol. The van der Waals surface area contributed by atoms with E-state index in [0.717, 1.165) is 12.0 Å². The molecule has 0 spiro atoms. The van der Waals surface area contributed by atoms with Crippen molar-refractivity contribution < 1.29 is 9.53 Å². The second-order valence-electron chi connectivity index (χ2n) is 4.81. The van der Waals surface area contributed by atoms with E-state index in [4.69, 9.17) is 4.74 Å². The molecule has 0 unspecified atom stereocenters. The van der Waals surface area contributed by atoms with E-state index in [1.54, 1.807) is 13.0 Å². The third-order valence-electron chi connectivity index (χ3n) is 2.91. The minimum absolute atomic E-state index is 0.359. The van der Waals surface area contributed by atoms with Gasteiger partial charge in [0.2, 0.25) is 0 Å². The molecule has 0 saturated carbocycles. The minimum atomic E-state index is -0.359. The molecular weight excluding hydrogens is 248 g/mol.